The number of likely N-dealkylation sites (tertiary alicyclic amines) is 1. The van der Waals surface area contributed by atoms with Gasteiger partial charge in [0, 0.05) is 17.6 Å². The Bertz CT molecular complexity index is 572. The predicted molar refractivity (Wildman–Crippen MR) is 100.0 cm³/mol. The lowest BCUT2D eigenvalue weighted by Crippen LogP contribution is -2.46. The minimum Gasteiger partial charge on any atom is -0.493 e. The minimum absolute atomic E-state index is 0.221. The number of halogens is 1. The summed E-state index contributed by atoms with van der Waals surface area (Å²) < 4.78 is 6.50. The summed E-state index contributed by atoms with van der Waals surface area (Å²) in [6, 6.07) is 5.44. The third-order valence-electron chi connectivity index (χ3n) is 3.94. The van der Waals surface area contributed by atoms with Gasteiger partial charge in [-0.2, -0.15) is 0 Å². The Labute approximate surface area is 151 Å². The fraction of sp³-hybridized carbons (Fsp3) is 0.529. The van der Waals surface area contributed by atoms with Gasteiger partial charge in [-0.25, -0.2) is 0 Å². The molecule has 126 valence electrons. The summed E-state index contributed by atoms with van der Waals surface area (Å²) in [6.45, 7) is 6.66. The van der Waals surface area contributed by atoms with E-state index in [2.05, 4.69) is 33.1 Å². The monoisotopic (exact) mass is 398 g/mol. The largest absolute Gasteiger partial charge is 0.493 e. The number of thiocarbonyl (C=S) groups is 1. The summed E-state index contributed by atoms with van der Waals surface area (Å²) in [6.07, 6.45) is 3.11. The van der Waals surface area contributed by atoms with Gasteiger partial charge in [0.05, 0.1) is 12.2 Å². The van der Waals surface area contributed by atoms with Crippen LogP contribution in [0.4, 0.5) is 0 Å². The first-order valence-electron chi connectivity index (χ1n) is 8.04. The molecule has 4 nitrogen and oxygen atoms in total. The van der Waals surface area contributed by atoms with Crippen molar-refractivity contribution < 1.29 is 9.53 Å². The van der Waals surface area contributed by atoms with Gasteiger partial charge < -0.3 is 9.64 Å². The molecule has 0 spiro atoms. The van der Waals surface area contributed by atoms with Crippen LogP contribution in [0.2, 0.25) is 0 Å². The molecule has 1 aromatic carbocycles. The first-order valence-corrected chi connectivity index (χ1v) is 9.24. The number of nitrogens with zero attached hydrogens (tertiary/aromatic N) is 1. The van der Waals surface area contributed by atoms with E-state index in [9.17, 15) is 4.79 Å². The topological polar surface area (TPSA) is 41.6 Å². The molecule has 1 amide bonds. The van der Waals surface area contributed by atoms with Crippen LogP contribution in [0.15, 0.2) is 22.7 Å². The summed E-state index contributed by atoms with van der Waals surface area (Å²) in [5, 5.41) is 3.35. The molecule has 2 rings (SSSR count). The summed E-state index contributed by atoms with van der Waals surface area (Å²) in [4.78, 5) is 14.6. The zero-order valence-electron chi connectivity index (χ0n) is 13.6. The molecule has 1 saturated heterocycles. The summed E-state index contributed by atoms with van der Waals surface area (Å²) in [5.41, 5.74) is 0.501. The van der Waals surface area contributed by atoms with E-state index in [1.807, 2.05) is 13.0 Å². The van der Waals surface area contributed by atoms with Crippen LogP contribution in [0.5, 0.6) is 5.75 Å². The maximum atomic E-state index is 12.6. The van der Waals surface area contributed by atoms with Crippen molar-refractivity contribution in [3.63, 3.8) is 0 Å². The van der Waals surface area contributed by atoms with Crippen LogP contribution in [0, 0.1) is 5.92 Å². The van der Waals surface area contributed by atoms with Crippen LogP contribution < -0.4 is 10.1 Å². The van der Waals surface area contributed by atoms with Gasteiger partial charge in [-0.1, -0.05) is 29.8 Å². The molecule has 0 bridgehead atoms. The van der Waals surface area contributed by atoms with Gasteiger partial charge in [-0.05, 0) is 55.6 Å². The molecule has 1 fully saturated rings. The second kappa shape index (κ2) is 8.64. The standard InChI is InChI=1S/C17H23BrN2O2S/c1-3-10-22-15-5-4-13(18)11-14(15)16(21)19-17(23)20-8-6-12(2)7-9-20/h4-5,11-12H,3,6-10H2,1-2H3,(H,19,21,23). The highest BCUT2D eigenvalue weighted by atomic mass is 79.9. The molecule has 0 unspecified atom stereocenters. The Kier molecular flexibility index (Phi) is 6.84. The molecule has 0 saturated carbocycles. The van der Waals surface area contributed by atoms with Crippen LogP contribution in [0.3, 0.4) is 0 Å². The molecule has 1 N–H and O–H groups in total. The normalized spacial score (nSPS) is 15.3. The van der Waals surface area contributed by atoms with E-state index in [4.69, 9.17) is 17.0 Å². The molecule has 0 aromatic heterocycles. The second-order valence-electron chi connectivity index (χ2n) is 5.92. The van der Waals surface area contributed by atoms with Crippen LogP contribution in [-0.2, 0) is 0 Å². The van der Waals surface area contributed by atoms with Crippen molar-refractivity contribution >= 4 is 39.2 Å². The van der Waals surface area contributed by atoms with Crippen molar-refractivity contribution in [2.24, 2.45) is 5.92 Å². The SMILES string of the molecule is CCCOc1ccc(Br)cc1C(=O)NC(=S)N1CCC(C)CC1. The smallest absolute Gasteiger partial charge is 0.261 e. The Morgan fingerprint density at radius 1 is 1.43 bits per heavy atom. The lowest BCUT2D eigenvalue weighted by Gasteiger charge is -2.32. The molecular formula is C17H23BrN2O2S. The number of nitrogens with one attached hydrogen (secondary N) is 1. The highest BCUT2D eigenvalue weighted by Gasteiger charge is 2.21. The van der Waals surface area contributed by atoms with Crippen LogP contribution >= 0.6 is 28.1 Å². The number of ether oxygens (including phenoxy) is 1. The second-order valence-corrected chi connectivity index (χ2v) is 7.22. The van der Waals surface area contributed by atoms with Gasteiger partial charge in [0.15, 0.2) is 5.11 Å². The number of rotatable bonds is 4. The number of hydrogen-bond acceptors (Lipinski definition) is 3. The lowest BCUT2D eigenvalue weighted by atomic mass is 10.00. The summed E-state index contributed by atoms with van der Waals surface area (Å²) >= 11 is 8.80. The number of benzene rings is 1. The van der Waals surface area contributed by atoms with Gasteiger partial charge in [0.1, 0.15) is 5.75 Å². The maximum absolute atomic E-state index is 12.6. The van der Waals surface area contributed by atoms with E-state index in [0.717, 1.165) is 42.7 Å². The third-order valence-corrected chi connectivity index (χ3v) is 4.79. The highest BCUT2D eigenvalue weighted by Crippen LogP contribution is 2.24. The number of carbonyl (C=O) groups excluding carboxylic acids is 1. The van der Waals surface area contributed by atoms with Gasteiger partial charge >= 0.3 is 0 Å². The van der Waals surface area contributed by atoms with Crippen LogP contribution in [0.25, 0.3) is 0 Å². The average Bonchev–Trinajstić information content (AvgIpc) is 2.54. The molecule has 6 heteroatoms. The predicted octanol–water partition coefficient (Wildman–Crippen LogP) is 3.98. The van der Waals surface area contributed by atoms with Gasteiger partial charge in [-0.15, -0.1) is 0 Å². The van der Waals surface area contributed by atoms with Crippen molar-refractivity contribution in [1.82, 2.24) is 10.2 Å². The zero-order valence-corrected chi connectivity index (χ0v) is 16.0. The van der Waals surface area contributed by atoms with Crippen molar-refractivity contribution in [2.45, 2.75) is 33.1 Å². The van der Waals surface area contributed by atoms with E-state index in [1.54, 1.807) is 12.1 Å². The van der Waals surface area contributed by atoms with Crippen molar-refractivity contribution in [1.29, 1.82) is 0 Å². The van der Waals surface area contributed by atoms with Crippen molar-refractivity contribution in [3.05, 3.63) is 28.2 Å². The highest BCUT2D eigenvalue weighted by molar-refractivity contribution is 9.10. The van der Waals surface area contributed by atoms with E-state index in [-0.39, 0.29) is 5.91 Å². The fourth-order valence-corrected chi connectivity index (χ4v) is 3.11. The number of piperidine rings is 1. The number of carbonyl (C=O) groups is 1. The Hall–Kier alpha value is -1.14. The number of hydrogen-bond donors (Lipinski definition) is 1. The van der Waals surface area contributed by atoms with E-state index < -0.39 is 0 Å². The van der Waals surface area contributed by atoms with E-state index in [1.165, 1.54) is 0 Å². The lowest BCUT2D eigenvalue weighted by molar-refractivity contribution is 0.0968. The van der Waals surface area contributed by atoms with Gasteiger partial charge in [0.2, 0.25) is 0 Å². The first kappa shape index (κ1) is 18.2. The summed E-state index contributed by atoms with van der Waals surface area (Å²) in [5.74, 6) is 1.09. The van der Waals surface area contributed by atoms with Gasteiger partial charge in [-0.3, -0.25) is 10.1 Å². The number of amides is 1. The summed E-state index contributed by atoms with van der Waals surface area (Å²) in [7, 11) is 0. The average molecular weight is 399 g/mol. The van der Waals surface area contributed by atoms with E-state index >= 15 is 0 Å². The van der Waals surface area contributed by atoms with Crippen molar-refractivity contribution in [2.75, 3.05) is 19.7 Å². The quantitative estimate of drug-likeness (QED) is 0.778. The molecule has 23 heavy (non-hydrogen) atoms. The maximum Gasteiger partial charge on any atom is 0.261 e. The Balaban J connectivity index is 2.04. The van der Waals surface area contributed by atoms with Crippen LogP contribution in [-0.4, -0.2) is 35.6 Å². The van der Waals surface area contributed by atoms with Gasteiger partial charge in [0.25, 0.3) is 5.91 Å². The van der Waals surface area contributed by atoms with E-state index in [0.29, 0.717) is 23.0 Å². The molecule has 0 radical (unpaired) electrons. The molecular weight excluding hydrogens is 376 g/mol. The Morgan fingerprint density at radius 3 is 2.78 bits per heavy atom. The molecule has 1 heterocycles. The Morgan fingerprint density at radius 2 is 2.13 bits per heavy atom. The molecule has 1 aliphatic rings. The third kappa shape index (κ3) is 5.18. The molecule has 0 aliphatic carbocycles. The fourth-order valence-electron chi connectivity index (χ4n) is 2.47. The molecule has 1 aliphatic heterocycles. The minimum atomic E-state index is -0.221. The molecule has 1 aromatic rings. The first-order chi connectivity index (χ1) is 11.0. The van der Waals surface area contributed by atoms with Crippen LogP contribution in [0.1, 0.15) is 43.5 Å². The zero-order chi connectivity index (χ0) is 16.8. The van der Waals surface area contributed by atoms with Crippen molar-refractivity contribution in [3.8, 4) is 5.75 Å². The molecule has 0 atom stereocenters.